The van der Waals surface area contributed by atoms with Crippen molar-refractivity contribution < 1.29 is 9.90 Å². The Kier molecular flexibility index (Phi) is 5.36. The third-order valence-corrected chi connectivity index (χ3v) is 5.46. The SMILES string of the molecule is CCCSC1CC(C(C)(C)C)CCC1C(=O)O. The van der Waals surface area contributed by atoms with Crippen LogP contribution >= 0.6 is 11.8 Å². The van der Waals surface area contributed by atoms with Crippen molar-refractivity contribution >= 4 is 17.7 Å². The molecule has 0 aliphatic heterocycles. The first kappa shape index (κ1) is 14.9. The van der Waals surface area contributed by atoms with Crippen LogP contribution in [0.4, 0.5) is 0 Å². The Balaban J connectivity index is 2.66. The van der Waals surface area contributed by atoms with E-state index in [2.05, 4.69) is 27.7 Å². The summed E-state index contributed by atoms with van der Waals surface area (Å²) in [7, 11) is 0. The summed E-state index contributed by atoms with van der Waals surface area (Å²) in [6.07, 6.45) is 4.14. The van der Waals surface area contributed by atoms with Gasteiger partial charge in [0.25, 0.3) is 0 Å². The molecule has 2 nitrogen and oxygen atoms in total. The summed E-state index contributed by atoms with van der Waals surface area (Å²) < 4.78 is 0. The molecule has 3 atom stereocenters. The summed E-state index contributed by atoms with van der Waals surface area (Å²) in [6.45, 7) is 8.99. The molecule has 17 heavy (non-hydrogen) atoms. The van der Waals surface area contributed by atoms with Crippen LogP contribution in [-0.4, -0.2) is 22.1 Å². The van der Waals surface area contributed by atoms with Crippen LogP contribution < -0.4 is 0 Å². The van der Waals surface area contributed by atoms with Crippen molar-refractivity contribution in [1.29, 1.82) is 0 Å². The van der Waals surface area contributed by atoms with E-state index in [9.17, 15) is 9.90 Å². The smallest absolute Gasteiger partial charge is 0.307 e. The lowest BCUT2D eigenvalue weighted by molar-refractivity contribution is -0.143. The first-order valence-corrected chi connectivity index (χ1v) is 7.75. The number of carbonyl (C=O) groups is 1. The number of rotatable bonds is 4. The highest BCUT2D eigenvalue weighted by Crippen LogP contribution is 2.44. The maximum atomic E-state index is 11.3. The molecule has 0 bridgehead atoms. The minimum Gasteiger partial charge on any atom is -0.481 e. The molecule has 0 heterocycles. The van der Waals surface area contributed by atoms with E-state index in [1.165, 1.54) is 0 Å². The van der Waals surface area contributed by atoms with Crippen molar-refractivity contribution in [3.63, 3.8) is 0 Å². The summed E-state index contributed by atoms with van der Waals surface area (Å²) >= 11 is 1.87. The molecule has 0 aromatic rings. The second-order valence-electron chi connectivity index (χ2n) is 6.23. The molecular weight excluding hydrogens is 232 g/mol. The molecule has 100 valence electrons. The Morgan fingerprint density at radius 2 is 2.00 bits per heavy atom. The van der Waals surface area contributed by atoms with Gasteiger partial charge >= 0.3 is 5.97 Å². The van der Waals surface area contributed by atoms with E-state index in [0.29, 0.717) is 16.6 Å². The lowest BCUT2D eigenvalue weighted by Gasteiger charge is -2.40. The standard InChI is InChI=1S/C14H26O2S/c1-5-8-17-12-9-10(14(2,3)4)6-7-11(12)13(15)16/h10-12H,5-9H2,1-4H3,(H,15,16). The molecule has 3 heteroatoms. The highest BCUT2D eigenvalue weighted by molar-refractivity contribution is 7.99. The molecule has 0 amide bonds. The van der Waals surface area contributed by atoms with Crippen molar-refractivity contribution in [3.8, 4) is 0 Å². The van der Waals surface area contributed by atoms with Gasteiger partial charge in [0, 0.05) is 5.25 Å². The lowest BCUT2D eigenvalue weighted by atomic mass is 9.69. The Hall–Kier alpha value is -0.180. The van der Waals surface area contributed by atoms with Crippen LogP contribution in [0.2, 0.25) is 0 Å². The quantitative estimate of drug-likeness (QED) is 0.826. The monoisotopic (exact) mass is 258 g/mol. The van der Waals surface area contributed by atoms with Crippen LogP contribution in [0.25, 0.3) is 0 Å². The van der Waals surface area contributed by atoms with Gasteiger partial charge in [0.1, 0.15) is 0 Å². The van der Waals surface area contributed by atoms with E-state index in [1.54, 1.807) is 0 Å². The molecule has 0 spiro atoms. The van der Waals surface area contributed by atoms with Gasteiger partial charge in [-0.2, -0.15) is 11.8 Å². The fourth-order valence-corrected chi connectivity index (χ4v) is 4.04. The van der Waals surface area contributed by atoms with Crippen LogP contribution in [0.15, 0.2) is 0 Å². The topological polar surface area (TPSA) is 37.3 Å². The summed E-state index contributed by atoms with van der Waals surface area (Å²) in [5, 5.41) is 9.61. The number of hydrogen-bond donors (Lipinski definition) is 1. The highest BCUT2D eigenvalue weighted by atomic mass is 32.2. The predicted octanol–water partition coefficient (Wildman–Crippen LogP) is 4.05. The second kappa shape index (κ2) is 6.12. The minimum absolute atomic E-state index is 0.120. The van der Waals surface area contributed by atoms with E-state index >= 15 is 0 Å². The van der Waals surface area contributed by atoms with Crippen LogP contribution in [0.5, 0.6) is 0 Å². The summed E-state index contributed by atoms with van der Waals surface area (Å²) in [5.41, 5.74) is 0.314. The average molecular weight is 258 g/mol. The predicted molar refractivity (Wildman–Crippen MR) is 74.5 cm³/mol. The van der Waals surface area contributed by atoms with Crippen molar-refractivity contribution in [2.75, 3.05) is 5.75 Å². The molecule has 0 radical (unpaired) electrons. The second-order valence-corrected chi connectivity index (χ2v) is 7.58. The van der Waals surface area contributed by atoms with Gasteiger partial charge in [-0.15, -0.1) is 0 Å². The molecule has 1 aliphatic carbocycles. The van der Waals surface area contributed by atoms with Crippen molar-refractivity contribution in [2.45, 2.75) is 58.6 Å². The third kappa shape index (κ3) is 4.20. The summed E-state index contributed by atoms with van der Waals surface area (Å²) in [5.74, 6) is 1.05. The van der Waals surface area contributed by atoms with Gasteiger partial charge in [-0.1, -0.05) is 27.7 Å². The molecule has 3 unspecified atom stereocenters. The summed E-state index contributed by atoms with van der Waals surface area (Å²) in [6, 6.07) is 0. The third-order valence-electron chi connectivity index (χ3n) is 3.87. The fourth-order valence-electron chi connectivity index (χ4n) is 2.65. The van der Waals surface area contributed by atoms with Crippen molar-refractivity contribution in [3.05, 3.63) is 0 Å². The maximum absolute atomic E-state index is 11.3. The average Bonchev–Trinajstić information content (AvgIpc) is 2.24. The zero-order valence-electron chi connectivity index (χ0n) is 11.5. The molecule has 1 saturated carbocycles. The number of aliphatic carboxylic acids is 1. The van der Waals surface area contributed by atoms with Crippen molar-refractivity contribution in [2.24, 2.45) is 17.3 Å². The number of carboxylic acids is 1. The normalized spacial score (nSPS) is 30.2. The van der Waals surface area contributed by atoms with E-state index in [4.69, 9.17) is 0 Å². The van der Waals surface area contributed by atoms with Gasteiger partial charge in [0.15, 0.2) is 0 Å². The van der Waals surface area contributed by atoms with Gasteiger partial charge in [-0.25, -0.2) is 0 Å². The van der Waals surface area contributed by atoms with Crippen LogP contribution in [0.3, 0.4) is 0 Å². The number of hydrogen-bond acceptors (Lipinski definition) is 2. The van der Waals surface area contributed by atoms with Crippen LogP contribution in [0.1, 0.15) is 53.4 Å². The van der Waals surface area contributed by atoms with E-state index in [1.807, 2.05) is 11.8 Å². The molecule has 1 N–H and O–H groups in total. The molecule has 1 fully saturated rings. The van der Waals surface area contributed by atoms with Gasteiger partial charge in [0.2, 0.25) is 0 Å². The van der Waals surface area contributed by atoms with Gasteiger partial charge in [-0.05, 0) is 42.8 Å². The molecule has 0 aromatic heterocycles. The highest BCUT2D eigenvalue weighted by Gasteiger charge is 2.38. The molecule has 1 rings (SSSR count). The summed E-state index contributed by atoms with van der Waals surface area (Å²) in [4.78, 5) is 11.3. The van der Waals surface area contributed by atoms with E-state index in [0.717, 1.165) is 31.4 Å². The van der Waals surface area contributed by atoms with Gasteiger partial charge in [-0.3, -0.25) is 4.79 Å². The lowest BCUT2D eigenvalue weighted by Crippen LogP contribution is -2.37. The van der Waals surface area contributed by atoms with Crippen molar-refractivity contribution in [1.82, 2.24) is 0 Å². The minimum atomic E-state index is -0.592. The zero-order valence-corrected chi connectivity index (χ0v) is 12.3. The maximum Gasteiger partial charge on any atom is 0.307 e. The largest absolute Gasteiger partial charge is 0.481 e. The molecule has 1 aliphatic rings. The Labute approximate surface area is 110 Å². The molecule has 0 saturated heterocycles. The Morgan fingerprint density at radius 1 is 1.35 bits per heavy atom. The molecular formula is C14H26O2S. The van der Waals surface area contributed by atoms with Gasteiger partial charge < -0.3 is 5.11 Å². The fraction of sp³-hybridized carbons (Fsp3) is 0.929. The first-order valence-electron chi connectivity index (χ1n) is 6.70. The van der Waals surface area contributed by atoms with Crippen LogP contribution in [-0.2, 0) is 4.79 Å². The Bertz CT molecular complexity index is 257. The van der Waals surface area contributed by atoms with Crippen LogP contribution in [0, 0.1) is 17.3 Å². The van der Waals surface area contributed by atoms with Gasteiger partial charge in [0.05, 0.1) is 5.92 Å². The zero-order chi connectivity index (χ0) is 13.1. The first-order chi connectivity index (χ1) is 7.86. The number of carboxylic acid groups (broad SMARTS) is 1. The van der Waals surface area contributed by atoms with E-state index < -0.39 is 5.97 Å². The number of thioether (sulfide) groups is 1. The molecule has 0 aromatic carbocycles. The van der Waals surface area contributed by atoms with E-state index in [-0.39, 0.29) is 5.92 Å². The Morgan fingerprint density at radius 3 is 2.47 bits per heavy atom.